The largest absolute Gasteiger partial charge is 0.481 e. The summed E-state index contributed by atoms with van der Waals surface area (Å²) in [5.74, 6) is -2.74. The second-order valence-electron chi connectivity index (χ2n) is 3.37. The third kappa shape index (κ3) is 3.89. The molecular weight excluding hydrogens is 174 g/mol. The van der Waals surface area contributed by atoms with Crippen LogP contribution in [0.5, 0.6) is 0 Å². The molecule has 0 spiro atoms. The van der Waals surface area contributed by atoms with E-state index < -0.39 is 23.9 Å². The first-order valence-corrected chi connectivity index (χ1v) is 4.06. The van der Waals surface area contributed by atoms with Crippen LogP contribution in [0.25, 0.3) is 0 Å². The van der Waals surface area contributed by atoms with Crippen LogP contribution in [0.3, 0.4) is 0 Å². The van der Waals surface area contributed by atoms with Gasteiger partial charge in [-0.25, -0.2) is 0 Å². The molecule has 0 unspecified atom stereocenters. The van der Waals surface area contributed by atoms with Gasteiger partial charge in [0.2, 0.25) is 0 Å². The van der Waals surface area contributed by atoms with Crippen molar-refractivity contribution >= 4 is 11.9 Å². The highest BCUT2D eigenvalue weighted by Gasteiger charge is 2.28. The maximum atomic E-state index is 10.5. The molecule has 4 N–H and O–H groups in total. The van der Waals surface area contributed by atoms with Gasteiger partial charge in [0, 0.05) is 0 Å². The summed E-state index contributed by atoms with van der Waals surface area (Å²) in [5, 5.41) is 17.1. The predicted molar refractivity (Wildman–Crippen MR) is 46.2 cm³/mol. The quantitative estimate of drug-likeness (QED) is 0.571. The number of hydrogen-bond acceptors (Lipinski definition) is 3. The van der Waals surface area contributed by atoms with Gasteiger partial charge in [-0.2, -0.15) is 0 Å². The van der Waals surface area contributed by atoms with Crippen LogP contribution < -0.4 is 5.73 Å². The van der Waals surface area contributed by atoms with E-state index in [2.05, 4.69) is 0 Å². The number of carboxylic acids is 2. The number of carboxylic acid groups (broad SMARTS) is 2. The van der Waals surface area contributed by atoms with Crippen molar-refractivity contribution in [3.63, 3.8) is 0 Å². The lowest BCUT2D eigenvalue weighted by atomic mass is 9.86. The third-order valence-corrected chi connectivity index (χ3v) is 2.01. The average molecular weight is 189 g/mol. The molecule has 0 aliphatic carbocycles. The predicted octanol–water partition coefficient (Wildman–Crippen LogP) is 0.145. The lowest BCUT2D eigenvalue weighted by molar-refractivity contribution is -0.142. The molecule has 5 nitrogen and oxygen atoms in total. The van der Waals surface area contributed by atoms with Crippen LogP contribution in [0.1, 0.15) is 20.3 Å². The second-order valence-corrected chi connectivity index (χ2v) is 3.37. The van der Waals surface area contributed by atoms with Gasteiger partial charge in [-0.1, -0.05) is 13.8 Å². The van der Waals surface area contributed by atoms with Gasteiger partial charge in [-0.15, -0.1) is 0 Å². The Labute approximate surface area is 76.5 Å². The summed E-state index contributed by atoms with van der Waals surface area (Å²) in [6.07, 6.45) is -0.203. The van der Waals surface area contributed by atoms with Crippen LogP contribution in [0, 0.1) is 11.8 Å². The molecule has 13 heavy (non-hydrogen) atoms. The first kappa shape index (κ1) is 11.9. The first-order valence-electron chi connectivity index (χ1n) is 4.06. The van der Waals surface area contributed by atoms with Crippen LogP contribution in [0.2, 0.25) is 0 Å². The summed E-state index contributed by atoms with van der Waals surface area (Å²) in [5.41, 5.74) is 5.35. The zero-order valence-electron chi connectivity index (χ0n) is 7.73. The van der Waals surface area contributed by atoms with Gasteiger partial charge in [-0.05, 0) is 11.8 Å². The molecule has 0 radical (unpaired) electrons. The minimum absolute atomic E-state index is 0.0535. The van der Waals surface area contributed by atoms with E-state index in [0.29, 0.717) is 0 Å². The monoisotopic (exact) mass is 189 g/mol. The Bertz CT molecular complexity index is 202. The van der Waals surface area contributed by atoms with E-state index in [-0.39, 0.29) is 12.3 Å². The molecule has 0 bridgehead atoms. The fourth-order valence-electron chi connectivity index (χ4n) is 1.16. The van der Waals surface area contributed by atoms with Crippen molar-refractivity contribution in [2.75, 3.05) is 0 Å². The van der Waals surface area contributed by atoms with Gasteiger partial charge in [0.1, 0.15) is 6.04 Å². The second kappa shape index (κ2) is 4.81. The smallest absolute Gasteiger partial charge is 0.320 e. The van der Waals surface area contributed by atoms with E-state index in [1.54, 1.807) is 13.8 Å². The molecule has 5 heteroatoms. The summed E-state index contributed by atoms with van der Waals surface area (Å²) in [6.45, 7) is 3.52. The average Bonchev–Trinajstić information content (AvgIpc) is 1.97. The van der Waals surface area contributed by atoms with Gasteiger partial charge in [-0.3, -0.25) is 9.59 Å². The van der Waals surface area contributed by atoms with Crippen molar-refractivity contribution in [2.24, 2.45) is 17.6 Å². The molecule has 0 aromatic carbocycles. The molecule has 0 saturated carbocycles. The van der Waals surface area contributed by atoms with E-state index in [1.165, 1.54) is 0 Å². The summed E-state index contributed by atoms with van der Waals surface area (Å²) in [4.78, 5) is 20.9. The Morgan fingerprint density at radius 3 is 2.00 bits per heavy atom. The molecule has 2 atom stereocenters. The van der Waals surface area contributed by atoms with Gasteiger partial charge in [0.25, 0.3) is 0 Å². The maximum absolute atomic E-state index is 10.5. The summed E-state index contributed by atoms with van der Waals surface area (Å²) >= 11 is 0. The van der Waals surface area contributed by atoms with Crippen LogP contribution >= 0.6 is 0 Å². The Balaban J connectivity index is 4.41. The first-order chi connectivity index (χ1) is 5.86. The Morgan fingerprint density at radius 1 is 1.31 bits per heavy atom. The van der Waals surface area contributed by atoms with E-state index in [4.69, 9.17) is 15.9 Å². The molecule has 0 amide bonds. The number of carbonyl (C=O) groups is 2. The third-order valence-electron chi connectivity index (χ3n) is 2.01. The van der Waals surface area contributed by atoms with Crippen molar-refractivity contribution in [1.82, 2.24) is 0 Å². The minimum atomic E-state index is -1.15. The molecule has 0 saturated heterocycles. The summed E-state index contributed by atoms with van der Waals surface area (Å²) in [6, 6.07) is -1.10. The maximum Gasteiger partial charge on any atom is 0.320 e. The van der Waals surface area contributed by atoms with E-state index in [0.717, 1.165) is 0 Å². The van der Waals surface area contributed by atoms with Crippen molar-refractivity contribution in [3.8, 4) is 0 Å². The highest BCUT2D eigenvalue weighted by atomic mass is 16.4. The van der Waals surface area contributed by atoms with Gasteiger partial charge >= 0.3 is 11.9 Å². The Kier molecular flexibility index (Phi) is 4.40. The van der Waals surface area contributed by atoms with Crippen molar-refractivity contribution in [1.29, 1.82) is 0 Å². The fourth-order valence-corrected chi connectivity index (χ4v) is 1.16. The van der Waals surface area contributed by atoms with Gasteiger partial charge < -0.3 is 15.9 Å². The minimum Gasteiger partial charge on any atom is -0.481 e. The number of rotatable bonds is 5. The van der Waals surface area contributed by atoms with E-state index in [1.807, 2.05) is 0 Å². The molecule has 0 aromatic rings. The Morgan fingerprint density at radius 2 is 1.77 bits per heavy atom. The van der Waals surface area contributed by atoms with E-state index in [9.17, 15) is 9.59 Å². The van der Waals surface area contributed by atoms with Crippen molar-refractivity contribution in [3.05, 3.63) is 0 Å². The number of hydrogen-bond donors (Lipinski definition) is 3. The van der Waals surface area contributed by atoms with Crippen LogP contribution in [0.15, 0.2) is 0 Å². The van der Waals surface area contributed by atoms with Crippen molar-refractivity contribution in [2.45, 2.75) is 26.3 Å². The van der Waals surface area contributed by atoms with Crippen LogP contribution in [-0.2, 0) is 9.59 Å². The highest BCUT2D eigenvalue weighted by Crippen LogP contribution is 2.18. The zero-order valence-corrected chi connectivity index (χ0v) is 7.73. The molecular formula is C8H15NO4. The molecule has 76 valence electrons. The SMILES string of the molecule is CC(C)[C@H](CC(=O)O)[C@H](N)C(=O)O. The van der Waals surface area contributed by atoms with Gasteiger partial charge in [0.05, 0.1) is 6.42 Å². The normalized spacial score (nSPS) is 15.4. The molecule has 0 rings (SSSR count). The highest BCUT2D eigenvalue weighted by molar-refractivity contribution is 5.75. The number of nitrogens with two attached hydrogens (primary N) is 1. The van der Waals surface area contributed by atoms with Crippen LogP contribution in [0.4, 0.5) is 0 Å². The summed E-state index contributed by atoms with van der Waals surface area (Å²) in [7, 11) is 0. The van der Waals surface area contributed by atoms with Crippen LogP contribution in [-0.4, -0.2) is 28.2 Å². The van der Waals surface area contributed by atoms with E-state index >= 15 is 0 Å². The topological polar surface area (TPSA) is 101 Å². The fraction of sp³-hybridized carbons (Fsp3) is 0.750. The molecule has 0 fully saturated rings. The molecule has 0 heterocycles. The lowest BCUT2D eigenvalue weighted by Gasteiger charge is -2.22. The van der Waals surface area contributed by atoms with Crippen molar-refractivity contribution < 1.29 is 19.8 Å². The van der Waals surface area contributed by atoms with Gasteiger partial charge in [0.15, 0.2) is 0 Å². The molecule has 0 aliphatic heterocycles. The lowest BCUT2D eigenvalue weighted by Crippen LogP contribution is -2.41. The Hall–Kier alpha value is -1.10. The zero-order chi connectivity index (χ0) is 10.6. The summed E-state index contributed by atoms with van der Waals surface area (Å²) < 4.78 is 0. The molecule has 0 aliphatic rings. The standard InChI is InChI=1S/C8H15NO4/c1-4(2)5(3-6(10)11)7(9)8(12)13/h4-5,7H,3,9H2,1-2H3,(H,10,11)(H,12,13)/t5-,7-/m0/s1. The molecule has 0 aromatic heterocycles. The number of aliphatic carboxylic acids is 2.